The fraction of sp³-hybridized carbons (Fsp3) is 0.304. The number of aromatic nitrogens is 2. The zero-order valence-electron chi connectivity index (χ0n) is 17.2. The van der Waals surface area contributed by atoms with E-state index in [1.54, 1.807) is 29.6 Å². The first-order valence-electron chi connectivity index (χ1n) is 10.3. The number of hydrogen-bond acceptors (Lipinski definition) is 3. The molecule has 1 aromatic heterocycles. The van der Waals surface area contributed by atoms with E-state index in [4.69, 9.17) is 23.2 Å². The maximum atomic E-state index is 14.1. The zero-order valence-corrected chi connectivity index (χ0v) is 18.7. The van der Waals surface area contributed by atoms with Crippen LogP contribution in [0.2, 0.25) is 10.0 Å². The van der Waals surface area contributed by atoms with Crippen molar-refractivity contribution < 1.29 is 13.6 Å². The minimum absolute atomic E-state index is 0.00720. The average molecular weight is 479 g/mol. The van der Waals surface area contributed by atoms with Crippen LogP contribution in [0.3, 0.4) is 0 Å². The van der Waals surface area contributed by atoms with Crippen LogP contribution in [0.15, 0.2) is 49.1 Å². The van der Waals surface area contributed by atoms with Gasteiger partial charge in [-0.25, -0.2) is 13.8 Å². The normalized spacial score (nSPS) is 16.4. The molecule has 0 bridgehead atoms. The third kappa shape index (κ3) is 5.22. The third-order valence-corrected chi connectivity index (χ3v) is 6.15. The number of imidazole rings is 1. The molecule has 0 aliphatic carbocycles. The lowest BCUT2D eigenvalue weighted by Gasteiger charge is -2.34. The molecule has 4 rings (SSSR count). The van der Waals surface area contributed by atoms with E-state index in [0.29, 0.717) is 53.6 Å². The van der Waals surface area contributed by atoms with E-state index < -0.39 is 11.6 Å². The number of benzene rings is 2. The van der Waals surface area contributed by atoms with Crippen LogP contribution in [0.4, 0.5) is 20.2 Å². The summed E-state index contributed by atoms with van der Waals surface area (Å²) in [6.07, 6.45) is 6.66. The first kappa shape index (κ1) is 22.6. The predicted molar refractivity (Wildman–Crippen MR) is 122 cm³/mol. The molecule has 1 atom stereocenters. The maximum Gasteiger partial charge on any atom is 0.227 e. The highest BCUT2D eigenvalue weighted by Gasteiger charge is 2.30. The number of hydrogen-bond donors (Lipinski definition) is 1. The quantitative estimate of drug-likeness (QED) is 0.483. The summed E-state index contributed by atoms with van der Waals surface area (Å²) in [4.78, 5) is 18.2. The third-order valence-electron chi connectivity index (χ3n) is 5.58. The van der Waals surface area contributed by atoms with Gasteiger partial charge in [0.1, 0.15) is 11.6 Å². The molecule has 32 heavy (non-hydrogen) atoms. The molecule has 1 amide bonds. The van der Waals surface area contributed by atoms with E-state index >= 15 is 0 Å². The van der Waals surface area contributed by atoms with E-state index in [0.717, 1.165) is 18.3 Å². The number of carbonyl (C=O) groups excluding carboxylic acids is 1. The van der Waals surface area contributed by atoms with Gasteiger partial charge in [0.2, 0.25) is 5.91 Å². The smallest absolute Gasteiger partial charge is 0.227 e. The summed E-state index contributed by atoms with van der Waals surface area (Å²) in [5.74, 6) is -1.25. The molecule has 1 aliphatic rings. The molecule has 0 spiro atoms. The molecular weight excluding hydrogens is 457 g/mol. The Hall–Kier alpha value is -2.64. The number of anilines is 2. The Bertz CT molecular complexity index is 1080. The van der Waals surface area contributed by atoms with Crippen molar-refractivity contribution >= 4 is 40.5 Å². The molecule has 1 N–H and O–H groups in total. The van der Waals surface area contributed by atoms with Crippen molar-refractivity contribution in [2.75, 3.05) is 23.3 Å². The van der Waals surface area contributed by atoms with Crippen molar-refractivity contribution in [3.8, 4) is 0 Å². The Morgan fingerprint density at radius 1 is 1.16 bits per heavy atom. The molecular formula is C23H22Cl2F2N4O. The molecule has 0 radical (unpaired) electrons. The number of rotatable bonds is 7. The van der Waals surface area contributed by atoms with Crippen molar-refractivity contribution in [2.45, 2.75) is 25.8 Å². The largest absolute Gasteiger partial charge is 0.383 e. The van der Waals surface area contributed by atoms with Crippen LogP contribution in [0.1, 0.15) is 18.4 Å². The van der Waals surface area contributed by atoms with E-state index in [1.165, 1.54) is 12.1 Å². The van der Waals surface area contributed by atoms with Gasteiger partial charge in [-0.3, -0.25) is 4.79 Å². The van der Waals surface area contributed by atoms with Crippen LogP contribution in [-0.4, -0.2) is 28.5 Å². The zero-order chi connectivity index (χ0) is 22.7. The summed E-state index contributed by atoms with van der Waals surface area (Å²) in [5.41, 5.74) is 1.64. The van der Waals surface area contributed by atoms with Gasteiger partial charge in [0.05, 0.1) is 22.1 Å². The molecule has 1 fully saturated rings. The number of halogens is 4. The number of piperidine rings is 1. The van der Waals surface area contributed by atoms with Gasteiger partial charge in [0.15, 0.2) is 0 Å². The van der Waals surface area contributed by atoms with Gasteiger partial charge in [-0.05, 0) is 42.5 Å². The van der Waals surface area contributed by atoms with Crippen LogP contribution in [0.25, 0.3) is 0 Å². The molecule has 5 nitrogen and oxygen atoms in total. The second kappa shape index (κ2) is 9.88. The summed E-state index contributed by atoms with van der Waals surface area (Å²) >= 11 is 13.1. The van der Waals surface area contributed by atoms with Gasteiger partial charge in [-0.15, -0.1) is 0 Å². The fourth-order valence-corrected chi connectivity index (χ4v) is 4.66. The minimum Gasteiger partial charge on any atom is -0.383 e. The van der Waals surface area contributed by atoms with Gasteiger partial charge in [-0.2, -0.15) is 0 Å². The highest BCUT2D eigenvalue weighted by atomic mass is 35.5. The standard InChI is InChI=1S/C23H22Cl2F2N4O/c24-19-11-18(29-6-8-30-7-5-28-14-30)12-20(25)23(19)31-13-15(1-4-22(31)32)9-16-2-3-17(26)10-21(16)27/h2-3,5,7,10-12,14-15,29H,1,4,6,8-9,13H2. The molecule has 1 saturated heterocycles. The number of nitrogens with zero attached hydrogens (tertiary/aromatic N) is 3. The first-order chi connectivity index (χ1) is 15.4. The van der Waals surface area contributed by atoms with Crippen LogP contribution in [0, 0.1) is 17.6 Å². The van der Waals surface area contributed by atoms with Crippen LogP contribution in [-0.2, 0) is 17.8 Å². The van der Waals surface area contributed by atoms with E-state index in [-0.39, 0.29) is 11.8 Å². The van der Waals surface area contributed by atoms with E-state index in [9.17, 15) is 13.6 Å². The molecule has 9 heteroatoms. The maximum absolute atomic E-state index is 14.1. The summed E-state index contributed by atoms with van der Waals surface area (Å²) in [6.45, 7) is 1.74. The molecule has 3 aromatic rings. The van der Waals surface area contributed by atoms with Crippen LogP contribution in [0.5, 0.6) is 0 Å². The summed E-state index contributed by atoms with van der Waals surface area (Å²) in [6, 6.07) is 7.07. The lowest BCUT2D eigenvalue weighted by molar-refractivity contribution is -0.120. The Balaban J connectivity index is 1.46. The Morgan fingerprint density at radius 3 is 2.62 bits per heavy atom. The van der Waals surface area contributed by atoms with Crippen LogP contribution < -0.4 is 10.2 Å². The first-order valence-corrected chi connectivity index (χ1v) is 11.1. The Morgan fingerprint density at radius 2 is 1.94 bits per heavy atom. The molecule has 2 heterocycles. The minimum atomic E-state index is -0.607. The lowest BCUT2D eigenvalue weighted by Crippen LogP contribution is -2.41. The second-order valence-corrected chi connectivity index (χ2v) is 8.68. The average Bonchev–Trinajstić information content (AvgIpc) is 3.25. The van der Waals surface area contributed by atoms with Crippen molar-refractivity contribution in [2.24, 2.45) is 5.92 Å². The lowest BCUT2D eigenvalue weighted by atomic mass is 9.90. The number of amides is 1. The molecule has 1 aliphatic heterocycles. The number of carbonyl (C=O) groups is 1. The summed E-state index contributed by atoms with van der Waals surface area (Å²) in [5, 5.41) is 4.00. The van der Waals surface area contributed by atoms with Gasteiger partial charge < -0.3 is 14.8 Å². The van der Waals surface area contributed by atoms with Gasteiger partial charge >= 0.3 is 0 Å². The molecule has 168 valence electrons. The van der Waals surface area contributed by atoms with Crippen LogP contribution >= 0.6 is 23.2 Å². The molecule has 0 saturated carbocycles. The summed E-state index contributed by atoms with van der Waals surface area (Å²) < 4.78 is 29.2. The summed E-state index contributed by atoms with van der Waals surface area (Å²) in [7, 11) is 0. The van der Waals surface area contributed by atoms with Gasteiger partial charge in [0.25, 0.3) is 0 Å². The predicted octanol–water partition coefficient (Wildman–Crippen LogP) is 5.57. The molecule has 2 aromatic carbocycles. The topological polar surface area (TPSA) is 50.2 Å². The van der Waals surface area contributed by atoms with Crippen molar-refractivity contribution in [1.82, 2.24) is 9.55 Å². The monoisotopic (exact) mass is 478 g/mol. The van der Waals surface area contributed by atoms with Gasteiger partial charge in [-0.1, -0.05) is 29.3 Å². The van der Waals surface area contributed by atoms with Gasteiger partial charge in [0, 0.05) is 50.2 Å². The Labute approximate surface area is 195 Å². The van der Waals surface area contributed by atoms with Crippen molar-refractivity contribution in [3.05, 3.63) is 76.3 Å². The molecule has 1 unspecified atom stereocenters. The highest BCUT2D eigenvalue weighted by molar-refractivity contribution is 6.40. The van der Waals surface area contributed by atoms with Crippen molar-refractivity contribution in [3.63, 3.8) is 0 Å². The highest BCUT2D eigenvalue weighted by Crippen LogP contribution is 2.39. The number of nitrogens with one attached hydrogen (secondary N) is 1. The Kier molecular flexibility index (Phi) is 6.96. The van der Waals surface area contributed by atoms with E-state index in [1.807, 2.05) is 10.8 Å². The SMILES string of the molecule is O=C1CCC(Cc2ccc(F)cc2F)CN1c1c(Cl)cc(NCCn2ccnc2)cc1Cl. The van der Waals surface area contributed by atoms with Crippen molar-refractivity contribution in [1.29, 1.82) is 0 Å². The second-order valence-electron chi connectivity index (χ2n) is 7.86. The fourth-order valence-electron chi connectivity index (χ4n) is 3.97. The van der Waals surface area contributed by atoms with E-state index in [2.05, 4.69) is 10.3 Å².